The second-order valence-corrected chi connectivity index (χ2v) is 14.6. The summed E-state index contributed by atoms with van der Waals surface area (Å²) in [4.78, 5) is 68.8. The zero-order valence-electron chi connectivity index (χ0n) is 33.9. The number of hydrogen-bond donors (Lipinski definition) is 6. The average molecular weight is 854 g/mol. The second-order valence-electron chi connectivity index (χ2n) is 14.6. The first-order valence-corrected chi connectivity index (χ1v) is 19.1. The Morgan fingerprint density at radius 2 is 0.934 bits per heavy atom. The van der Waals surface area contributed by atoms with Crippen molar-refractivity contribution in [3.05, 3.63) is 142 Å². The molecule has 4 aromatic rings. The zero-order chi connectivity index (χ0) is 46.0. The molecule has 16 heteroatoms. The molecule has 0 saturated heterocycles. The zero-order valence-corrected chi connectivity index (χ0v) is 33.9. The lowest BCUT2D eigenvalue weighted by molar-refractivity contribution is -0.144. The van der Waals surface area contributed by atoms with E-state index in [-0.39, 0.29) is 55.9 Å². The van der Waals surface area contributed by atoms with E-state index in [1.165, 1.54) is 44.2 Å². The topological polar surface area (TPSA) is 241 Å². The number of hydrogen-bond acceptors (Lipinski definition) is 9. The lowest BCUT2D eigenvalue weighted by Crippen LogP contribution is -2.31. The highest BCUT2D eigenvalue weighted by molar-refractivity contribution is 5.89. The molecule has 0 heterocycles. The highest BCUT2D eigenvalue weighted by Gasteiger charge is 2.27. The molecule has 0 radical (unpaired) electrons. The van der Waals surface area contributed by atoms with E-state index >= 15 is 0 Å². The molecule has 9 N–H and O–H groups in total. The van der Waals surface area contributed by atoms with Gasteiger partial charge >= 0.3 is 17.9 Å². The second kappa shape index (κ2) is 24.9. The number of ketones is 3. The van der Waals surface area contributed by atoms with Crippen molar-refractivity contribution in [2.24, 2.45) is 35.0 Å². The first kappa shape index (κ1) is 51.0. The third-order valence-electron chi connectivity index (χ3n) is 9.52. The maximum atomic E-state index is 13.4. The minimum atomic E-state index is -1.19. The van der Waals surface area contributed by atoms with Gasteiger partial charge in [-0.05, 0) is 92.1 Å². The van der Waals surface area contributed by atoms with Crippen LogP contribution in [-0.4, -0.2) is 62.7 Å². The molecule has 4 aromatic carbocycles. The van der Waals surface area contributed by atoms with E-state index in [1.807, 2.05) is 0 Å². The Morgan fingerprint density at radius 1 is 0.508 bits per heavy atom. The van der Waals surface area contributed by atoms with Gasteiger partial charge < -0.3 is 32.5 Å². The number of carbonyl (C=O) groups excluding carboxylic acids is 3. The Kier molecular flexibility index (Phi) is 20.8. The molecule has 4 rings (SSSR count). The molecule has 0 bridgehead atoms. The molecule has 0 spiro atoms. The Labute approximate surface area is 350 Å². The largest absolute Gasteiger partial charge is 0.481 e. The van der Waals surface area contributed by atoms with Gasteiger partial charge in [-0.15, -0.1) is 0 Å². The molecular weight excluding hydrogens is 802 g/mol. The normalized spacial score (nSPS) is 13.7. The van der Waals surface area contributed by atoms with Gasteiger partial charge in [-0.3, -0.25) is 28.8 Å². The third-order valence-corrected chi connectivity index (χ3v) is 9.52. The summed E-state index contributed by atoms with van der Waals surface area (Å²) in [5.41, 5.74) is 18.9. The van der Waals surface area contributed by atoms with E-state index in [9.17, 15) is 51.4 Å². The first-order valence-electron chi connectivity index (χ1n) is 19.1. The predicted octanol–water partition coefficient (Wildman–Crippen LogP) is 5.93. The van der Waals surface area contributed by atoms with Crippen LogP contribution in [0, 0.1) is 47.9 Å². The van der Waals surface area contributed by atoms with E-state index in [2.05, 4.69) is 0 Å². The van der Waals surface area contributed by atoms with Gasteiger partial charge in [0.2, 0.25) is 0 Å². The summed E-state index contributed by atoms with van der Waals surface area (Å²) in [6, 6.07) is 20.0. The number of carboxylic acid groups (broad SMARTS) is 3. The number of rotatable bonds is 19. The van der Waals surface area contributed by atoms with E-state index in [0.717, 1.165) is 12.1 Å². The molecular formula is C45H51F4N3O9. The van der Waals surface area contributed by atoms with Gasteiger partial charge in [0.1, 0.15) is 23.2 Å². The SMILES string of the molecule is C[C@@H](N)C(=O)CC(Cc1ccccc1F)C(=O)O.Cc1ccc(CC(CC(=O)[C@@H](C)N)C(=O)O)cc1F.N[C@H](C(=O)CC(Cc1ccc(F)c(F)c1)C(=O)O)c1ccccc1. The molecule has 328 valence electrons. The minimum Gasteiger partial charge on any atom is -0.481 e. The summed E-state index contributed by atoms with van der Waals surface area (Å²) in [5.74, 6) is -10.2. The highest BCUT2D eigenvalue weighted by atomic mass is 19.2. The molecule has 0 aliphatic rings. The van der Waals surface area contributed by atoms with Crippen molar-refractivity contribution in [3.63, 3.8) is 0 Å². The predicted molar refractivity (Wildman–Crippen MR) is 218 cm³/mol. The Balaban J connectivity index is 0.000000320. The summed E-state index contributed by atoms with van der Waals surface area (Å²) in [7, 11) is 0. The lowest BCUT2D eigenvalue weighted by atomic mass is 9.90. The number of aryl methyl sites for hydroxylation is 1. The van der Waals surface area contributed by atoms with Crippen LogP contribution in [0.3, 0.4) is 0 Å². The average Bonchev–Trinajstić information content (AvgIpc) is 3.20. The van der Waals surface area contributed by atoms with Gasteiger partial charge in [-0.2, -0.15) is 0 Å². The van der Waals surface area contributed by atoms with Gasteiger partial charge in [-0.1, -0.05) is 66.7 Å². The monoisotopic (exact) mass is 853 g/mol. The van der Waals surface area contributed by atoms with Crippen molar-refractivity contribution >= 4 is 35.3 Å². The van der Waals surface area contributed by atoms with Crippen molar-refractivity contribution < 1.29 is 61.6 Å². The summed E-state index contributed by atoms with van der Waals surface area (Å²) < 4.78 is 53.0. The fraction of sp³-hybridized carbons (Fsp3) is 0.333. The number of carboxylic acids is 3. The van der Waals surface area contributed by atoms with Crippen LogP contribution in [0.5, 0.6) is 0 Å². The van der Waals surface area contributed by atoms with Crippen molar-refractivity contribution in [2.45, 2.75) is 77.4 Å². The van der Waals surface area contributed by atoms with Gasteiger partial charge in [0.05, 0.1) is 35.9 Å². The number of aliphatic carboxylic acids is 3. The number of nitrogens with two attached hydrogens (primary N) is 3. The molecule has 0 aromatic heterocycles. The molecule has 3 unspecified atom stereocenters. The Morgan fingerprint density at radius 3 is 1.38 bits per heavy atom. The van der Waals surface area contributed by atoms with Gasteiger partial charge in [0, 0.05) is 19.3 Å². The fourth-order valence-electron chi connectivity index (χ4n) is 5.74. The smallest absolute Gasteiger partial charge is 0.307 e. The summed E-state index contributed by atoms with van der Waals surface area (Å²) in [6.07, 6.45) is -0.584. The Hall–Kier alpha value is -6.10. The van der Waals surface area contributed by atoms with Crippen LogP contribution in [0.25, 0.3) is 0 Å². The standard InChI is InChI=1S/C18H17F2NO3.C14H18FNO3.C13H16FNO3/c19-14-7-6-11(9-15(14)20)8-13(18(23)24)10-16(22)17(21)12-4-2-1-3-5-12;1-8-3-4-10(6-12(8)15)5-11(14(18)19)7-13(17)9(2)16;1-8(15)12(16)7-10(13(17)18)6-9-4-2-3-5-11(9)14/h1-7,9,13,17H,8,10,21H2,(H,23,24);3-4,6,9,11H,5,7,16H2,1-2H3,(H,18,19);2-5,8,10H,6-7,15H2,1H3,(H,17,18)/t13?,17-;9-,11?;8-,10?/m011/s1. The van der Waals surface area contributed by atoms with Gasteiger partial charge in [-0.25, -0.2) is 17.6 Å². The molecule has 6 atom stereocenters. The summed E-state index contributed by atoms with van der Waals surface area (Å²) in [5, 5.41) is 27.4. The quantitative estimate of drug-likeness (QED) is 0.0602. The first-order chi connectivity index (χ1) is 28.6. The number of carbonyl (C=O) groups is 6. The Bertz CT molecular complexity index is 2130. The minimum absolute atomic E-state index is 0.0134. The van der Waals surface area contributed by atoms with Crippen molar-refractivity contribution in [1.82, 2.24) is 0 Å². The third kappa shape index (κ3) is 17.6. The summed E-state index contributed by atoms with van der Waals surface area (Å²) in [6.45, 7) is 4.66. The molecule has 0 saturated carbocycles. The highest BCUT2D eigenvalue weighted by Crippen LogP contribution is 2.21. The molecule has 0 fully saturated rings. The van der Waals surface area contributed by atoms with E-state index in [1.54, 1.807) is 55.5 Å². The van der Waals surface area contributed by atoms with Crippen LogP contribution in [0.4, 0.5) is 17.6 Å². The maximum Gasteiger partial charge on any atom is 0.307 e. The fourth-order valence-corrected chi connectivity index (χ4v) is 5.74. The van der Waals surface area contributed by atoms with Crippen molar-refractivity contribution in [3.8, 4) is 0 Å². The summed E-state index contributed by atoms with van der Waals surface area (Å²) >= 11 is 0. The van der Waals surface area contributed by atoms with Gasteiger partial charge in [0.15, 0.2) is 17.4 Å². The van der Waals surface area contributed by atoms with Gasteiger partial charge in [0.25, 0.3) is 0 Å². The van der Waals surface area contributed by atoms with Crippen LogP contribution in [-0.2, 0) is 48.0 Å². The molecule has 12 nitrogen and oxygen atoms in total. The van der Waals surface area contributed by atoms with Crippen LogP contribution >= 0.6 is 0 Å². The number of halogens is 4. The van der Waals surface area contributed by atoms with E-state index in [4.69, 9.17) is 27.4 Å². The number of benzene rings is 4. The number of Topliss-reactive ketones (excluding diaryl/α,β-unsaturated/α-hetero) is 3. The van der Waals surface area contributed by atoms with Crippen molar-refractivity contribution in [2.75, 3.05) is 0 Å². The maximum absolute atomic E-state index is 13.4. The molecule has 0 amide bonds. The van der Waals surface area contributed by atoms with E-state index < -0.39 is 77.0 Å². The van der Waals surface area contributed by atoms with E-state index in [0.29, 0.717) is 27.8 Å². The molecule has 0 aliphatic carbocycles. The molecule has 0 aliphatic heterocycles. The lowest BCUT2D eigenvalue weighted by Gasteiger charge is -2.16. The van der Waals surface area contributed by atoms with Crippen LogP contribution in [0.2, 0.25) is 0 Å². The van der Waals surface area contributed by atoms with Crippen LogP contribution in [0.1, 0.15) is 67.0 Å². The van der Waals surface area contributed by atoms with Crippen LogP contribution in [0.15, 0.2) is 91.0 Å². The van der Waals surface area contributed by atoms with Crippen molar-refractivity contribution in [1.29, 1.82) is 0 Å². The van der Waals surface area contributed by atoms with Crippen LogP contribution < -0.4 is 17.2 Å². The molecule has 61 heavy (non-hydrogen) atoms.